The van der Waals surface area contributed by atoms with Gasteiger partial charge < -0.3 is 36.2 Å². The maximum atomic E-state index is 15.6. The minimum atomic E-state index is -0.898. The van der Waals surface area contributed by atoms with Crippen molar-refractivity contribution in [2.45, 2.75) is 78.1 Å². The average molecular weight is 989 g/mol. The molecular formula is C48H59ClFN11O5S2. The van der Waals surface area contributed by atoms with Crippen LogP contribution in [0.3, 0.4) is 0 Å². The fourth-order valence-electron chi connectivity index (χ4n) is 8.37. The van der Waals surface area contributed by atoms with Crippen molar-refractivity contribution >= 4 is 87.0 Å². The van der Waals surface area contributed by atoms with Gasteiger partial charge in [0.25, 0.3) is 0 Å². The number of piperazine rings is 1. The molecule has 0 saturated carbocycles. The van der Waals surface area contributed by atoms with Crippen molar-refractivity contribution in [1.29, 1.82) is 0 Å². The van der Waals surface area contributed by atoms with Crippen LogP contribution in [0.1, 0.15) is 57.7 Å². The molecule has 0 unspecified atom stereocenters. The number of rotatable bonds is 18. The molecule has 0 aliphatic carbocycles. The first kappa shape index (κ1) is 50.2. The second-order valence-electron chi connectivity index (χ2n) is 18.2. The third-order valence-corrected chi connectivity index (χ3v) is 13.8. The summed E-state index contributed by atoms with van der Waals surface area (Å²) in [6.45, 7) is 11.3. The number of aliphatic hydroxyl groups is 1. The molecular weight excluding hydrogens is 929 g/mol. The van der Waals surface area contributed by atoms with Gasteiger partial charge >= 0.3 is 0 Å². The molecule has 0 radical (unpaired) electrons. The van der Waals surface area contributed by atoms with Gasteiger partial charge in [-0.15, -0.1) is 11.3 Å². The van der Waals surface area contributed by atoms with Crippen molar-refractivity contribution in [3.8, 4) is 10.4 Å². The second-order valence-corrected chi connectivity index (χ2v) is 20.2. The van der Waals surface area contributed by atoms with Gasteiger partial charge in [-0.2, -0.15) is 4.98 Å². The molecule has 3 aromatic carbocycles. The quantitative estimate of drug-likeness (QED) is 0.0410. The number of nitrogens with zero attached hydrogens (tertiary/aromatic N) is 7. The summed E-state index contributed by atoms with van der Waals surface area (Å²) in [5.41, 5.74) is 6.34. The Morgan fingerprint density at radius 1 is 1.01 bits per heavy atom. The number of carbonyl (C=O) groups excluding carboxylic acids is 3. The van der Waals surface area contributed by atoms with E-state index in [1.165, 1.54) is 21.5 Å². The van der Waals surface area contributed by atoms with Gasteiger partial charge in [0.1, 0.15) is 34.8 Å². The van der Waals surface area contributed by atoms with Crippen molar-refractivity contribution in [1.82, 2.24) is 35.4 Å². The molecule has 3 atom stereocenters. The van der Waals surface area contributed by atoms with Gasteiger partial charge in [0.05, 0.1) is 45.4 Å². The first-order valence-corrected chi connectivity index (χ1v) is 24.6. The monoisotopic (exact) mass is 987 g/mol. The van der Waals surface area contributed by atoms with Crippen LogP contribution in [0.5, 0.6) is 0 Å². The zero-order chi connectivity index (χ0) is 48.5. The topological polar surface area (TPSA) is 188 Å². The van der Waals surface area contributed by atoms with E-state index < -0.39 is 29.5 Å². The van der Waals surface area contributed by atoms with E-state index in [0.717, 1.165) is 47.8 Å². The molecule has 5 aromatic rings. The van der Waals surface area contributed by atoms with E-state index in [4.69, 9.17) is 11.6 Å². The molecule has 20 heteroatoms. The molecule has 7 rings (SSSR count). The van der Waals surface area contributed by atoms with Crippen LogP contribution in [-0.2, 0) is 32.8 Å². The highest BCUT2D eigenvalue weighted by molar-refractivity contribution is 7.67. The number of aryl methyl sites for hydroxylation is 1. The van der Waals surface area contributed by atoms with Crippen LogP contribution in [-0.4, -0.2) is 116 Å². The first-order chi connectivity index (χ1) is 32.6. The van der Waals surface area contributed by atoms with E-state index in [2.05, 4.69) is 41.1 Å². The summed E-state index contributed by atoms with van der Waals surface area (Å²) in [6.07, 6.45) is 2.30. The summed E-state index contributed by atoms with van der Waals surface area (Å²) in [6, 6.07) is 18.3. The molecule has 2 aliphatic heterocycles. The largest absolute Gasteiger partial charge is 0.391 e. The Morgan fingerprint density at radius 2 is 1.76 bits per heavy atom. The van der Waals surface area contributed by atoms with Gasteiger partial charge in [0.2, 0.25) is 23.7 Å². The van der Waals surface area contributed by atoms with Gasteiger partial charge in [-0.25, -0.2) is 18.6 Å². The molecule has 2 saturated heterocycles. The molecule has 0 bridgehead atoms. The summed E-state index contributed by atoms with van der Waals surface area (Å²) in [5, 5.41) is 23.0. The van der Waals surface area contributed by atoms with E-state index in [9.17, 15) is 23.7 Å². The number of carbonyl (C=O) groups is 3. The lowest BCUT2D eigenvalue weighted by Gasteiger charge is -2.36. The van der Waals surface area contributed by atoms with E-state index in [0.29, 0.717) is 48.1 Å². The third-order valence-electron chi connectivity index (χ3n) is 12.1. The number of nitrogens with one attached hydrogen (secondary N) is 4. The lowest BCUT2D eigenvalue weighted by Crippen LogP contribution is -2.57. The number of aliphatic hydroxyl groups excluding tert-OH is 1. The van der Waals surface area contributed by atoms with Gasteiger partial charge in [-0.05, 0) is 73.2 Å². The highest BCUT2D eigenvalue weighted by atomic mass is 35.5. The van der Waals surface area contributed by atoms with Gasteiger partial charge in [0.15, 0.2) is 5.82 Å². The van der Waals surface area contributed by atoms with Crippen LogP contribution in [0.2, 0.25) is 5.02 Å². The number of para-hydroxylation sites is 2. The minimum Gasteiger partial charge on any atom is -0.391 e. The van der Waals surface area contributed by atoms with Crippen LogP contribution in [0, 0.1) is 18.2 Å². The number of anilines is 6. The molecule has 362 valence electrons. The van der Waals surface area contributed by atoms with Crippen LogP contribution in [0.25, 0.3) is 10.4 Å². The van der Waals surface area contributed by atoms with E-state index in [1.54, 1.807) is 30.5 Å². The van der Waals surface area contributed by atoms with Gasteiger partial charge in [-0.3, -0.25) is 23.6 Å². The Balaban J connectivity index is 0.845. The van der Waals surface area contributed by atoms with E-state index >= 15 is 4.39 Å². The average Bonchev–Trinajstić information content (AvgIpc) is 3.94. The van der Waals surface area contributed by atoms with Crippen LogP contribution in [0.4, 0.5) is 38.9 Å². The fourth-order valence-corrected chi connectivity index (χ4v) is 9.58. The number of β-amino-alcohol motifs (C(OH)–C–C–N with tert-alkyl or cyclic N) is 1. The highest BCUT2D eigenvalue weighted by Gasteiger charge is 2.44. The molecule has 4 heterocycles. The predicted molar refractivity (Wildman–Crippen MR) is 269 cm³/mol. The zero-order valence-electron chi connectivity index (χ0n) is 38.8. The number of unbranched alkanes of at least 4 members (excludes halogenated alkanes) is 1. The predicted octanol–water partition coefficient (Wildman–Crippen LogP) is 6.59. The summed E-state index contributed by atoms with van der Waals surface area (Å²) in [7, 11) is 1.68. The third kappa shape index (κ3) is 12.7. The van der Waals surface area contributed by atoms with E-state index in [-0.39, 0.29) is 66.4 Å². The smallest absolute Gasteiger partial charge is 0.246 e. The number of hydrogen-bond donors (Lipinski definition) is 6. The number of likely N-dealkylation sites (tertiary alicyclic amines) is 1. The van der Waals surface area contributed by atoms with Crippen molar-refractivity contribution in [2.24, 2.45) is 5.41 Å². The first-order valence-electron chi connectivity index (χ1n) is 22.6. The van der Waals surface area contributed by atoms with Crippen molar-refractivity contribution in [2.75, 3.05) is 66.2 Å². The summed E-state index contributed by atoms with van der Waals surface area (Å²) >= 11 is 7.80. The fraction of sp³-hybridized carbons (Fsp3) is 0.417. The highest BCUT2D eigenvalue weighted by Crippen LogP contribution is 2.33. The lowest BCUT2D eigenvalue weighted by molar-refractivity contribution is -0.144. The number of halogens is 2. The number of benzene rings is 3. The summed E-state index contributed by atoms with van der Waals surface area (Å²) < 4.78 is 28.6. The maximum Gasteiger partial charge on any atom is 0.246 e. The Morgan fingerprint density at radius 3 is 2.46 bits per heavy atom. The number of thiol groups is 1. The van der Waals surface area contributed by atoms with Crippen molar-refractivity contribution in [3.05, 3.63) is 101 Å². The molecule has 0 spiro atoms. The Kier molecular flexibility index (Phi) is 16.7. The molecule has 2 fully saturated rings. The molecule has 2 aromatic heterocycles. The second kappa shape index (κ2) is 22.6. The molecule has 2 aliphatic rings. The Bertz CT molecular complexity index is 2570. The normalized spacial score (nSPS) is 16.9. The minimum absolute atomic E-state index is 0.00498. The van der Waals surface area contributed by atoms with Crippen LogP contribution >= 0.6 is 22.9 Å². The van der Waals surface area contributed by atoms with Crippen LogP contribution < -0.4 is 30.5 Å². The number of aromatic nitrogens is 3. The maximum absolute atomic E-state index is 15.6. The van der Waals surface area contributed by atoms with Crippen molar-refractivity contribution < 1.29 is 28.1 Å². The van der Waals surface area contributed by atoms with Gasteiger partial charge in [-0.1, -0.05) is 68.8 Å². The molecule has 68 heavy (non-hydrogen) atoms. The SMILES string of the molecule is Cc1ncsc1-c1ccc(CNC(=O)[C@H]2C[C@@H](O)CN2C(=O)[C@@H](NC(=O)CCCCN2CCN(c3ccc(Nc4ncc(Cl)c(Nc5ccccc5N(C)[SH]=O)n4)cc3F)CC2)C(C)(C)C)cc1. The zero-order valence-corrected chi connectivity index (χ0v) is 41.3. The number of thiazole rings is 1. The van der Waals surface area contributed by atoms with E-state index in [1.807, 2.05) is 86.6 Å². The van der Waals surface area contributed by atoms with Crippen LogP contribution in [0.15, 0.2) is 78.4 Å². The number of hydrogen-bond acceptors (Lipinski definition) is 13. The Labute approximate surface area is 409 Å². The lowest BCUT2D eigenvalue weighted by atomic mass is 9.85. The number of amides is 3. The molecule has 3 amide bonds. The molecule has 5 N–H and O–H groups in total. The summed E-state index contributed by atoms with van der Waals surface area (Å²) in [5.74, 6) is -0.855. The van der Waals surface area contributed by atoms with Crippen molar-refractivity contribution in [3.63, 3.8) is 0 Å². The summed E-state index contributed by atoms with van der Waals surface area (Å²) in [4.78, 5) is 60.8. The standard InChI is InChI=1S/C48H59ClFN11O5S2/c1-30-42(67-29-53-30)32-15-13-31(14-16-32)26-51-45(64)40-25-34(62)28-61(40)46(65)43(48(2,3)4)56-41(63)12-8-9-19-59-20-22-60(23-21-59)38-18-17-33(24-36(38)50)54-47-52-27-35(49)44(57-47)55-37-10-6-7-11-39(37)58(5)68-66/h6-7,10-11,13-18,24,27,29,34,40,43,62,68H,8-9,12,19-23,25-26,28H2,1-5H3,(H,51,64)(H,56,63)(H2,52,54,55,57)/t34-,40-,43-/m1/s1. The van der Waals surface area contributed by atoms with Gasteiger partial charge in [0, 0.05) is 64.8 Å². The molecule has 16 nitrogen and oxygen atoms in total. The Hall–Kier alpha value is -5.73.